The third kappa shape index (κ3) is 3.87. The summed E-state index contributed by atoms with van der Waals surface area (Å²) in [5.41, 5.74) is 5.37. The molecule has 1 N–H and O–H groups in total. The number of thioether (sulfide) groups is 1. The average molecular weight is 477 g/mol. The molecule has 7 nitrogen and oxygen atoms in total. The molecule has 0 spiro atoms. The molecule has 4 heterocycles. The highest BCUT2D eigenvalue weighted by Gasteiger charge is 2.36. The molecule has 0 atom stereocenters. The van der Waals surface area contributed by atoms with Gasteiger partial charge in [0.1, 0.15) is 5.04 Å². The minimum Gasteiger partial charge on any atom is -0.342 e. The molecular formula is C27H20N6OS. The molecule has 0 radical (unpaired) electrons. The number of hydrogen-bond donors (Lipinski definition) is 1. The largest absolute Gasteiger partial charge is 0.342 e. The Morgan fingerprint density at radius 1 is 1.09 bits per heavy atom. The first-order chi connectivity index (χ1) is 17.1. The van der Waals surface area contributed by atoms with Crippen LogP contribution in [0.5, 0.6) is 0 Å². The summed E-state index contributed by atoms with van der Waals surface area (Å²) in [4.78, 5) is 21.3. The van der Waals surface area contributed by atoms with Gasteiger partial charge in [0.25, 0.3) is 5.91 Å². The van der Waals surface area contributed by atoms with Gasteiger partial charge in [-0.05, 0) is 48.5 Å². The van der Waals surface area contributed by atoms with Crippen LogP contribution in [-0.4, -0.2) is 36.5 Å². The van der Waals surface area contributed by atoms with E-state index in [1.54, 1.807) is 18.5 Å². The van der Waals surface area contributed by atoms with Gasteiger partial charge in [-0.15, -0.1) is 0 Å². The Bertz CT molecular complexity index is 1600. The van der Waals surface area contributed by atoms with E-state index < -0.39 is 5.91 Å². The van der Waals surface area contributed by atoms with Crippen LogP contribution in [0.4, 0.5) is 0 Å². The molecule has 0 saturated carbocycles. The third-order valence-electron chi connectivity index (χ3n) is 5.92. The summed E-state index contributed by atoms with van der Waals surface area (Å²) >= 11 is 1.27. The van der Waals surface area contributed by atoms with E-state index >= 15 is 0 Å². The summed E-state index contributed by atoms with van der Waals surface area (Å²) in [6.07, 6.45) is 7.18. The number of carbonyl (C=O) groups excluding carboxylic acids is 1. The molecule has 0 aliphatic carbocycles. The van der Waals surface area contributed by atoms with Crippen molar-refractivity contribution in [3.63, 3.8) is 0 Å². The number of amides is 1. The number of hydrogen-bond acceptors (Lipinski definition) is 5. The fourth-order valence-electron chi connectivity index (χ4n) is 4.28. The minimum atomic E-state index is -0.438. The maximum atomic E-state index is 13.0. The molecule has 8 heteroatoms. The topological polar surface area (TPSA) is 86.7 Å². The highest BCUT2D eigenvalue weighted by atomic mass is 32.2. The quantitative estimate of drug-likeness (QED) is 0.417. The molecule has 2 aromatic heterocycles. The number of aliphatic imine (C=N–C) groups is 1. The van der Waals surface area contributed by atoms with E-state index in [4.69, 9.17) is 5.41 Å². The molecule has 1 amide bonds. The van der Waals surface area contributed by atoms with Crippen LogP contribution in [0.2, 0.25) is 0 Å². The summed E-state index contributed by atoms with van der Waals surface area (Å²) in [6.45, 7) is 2.79. The summed E-state index contributed by atoms with van der Waals surface area (Å²) < 4.78 is 2.17. The van der Waals surface area contributed by atoms with Gasteiger partial charge in [-0.1, -0.05) is 48.0 Å². The Kier molecular flexibility index (Phi) is 5.15. The Labute approximate surface area is 206 Å². The number of aryl methyl sites for hydroxylation is 1. The van der Waals surface area contributed by atoms with Crippen molar-refractivity contribution in [2.24, 2.45) is 10.1 Å². The van der Waals surface area contributed by atoms with Crippen molar-refractivity contribution in [3.05, 3.63) is 107 Å². The number of nitrogens with one attached hydrogen (secondary N) is 1. The predicted molar refractivity (Wildman–Crippen MR) is 141 cm³/mol. The zero-order chi connectivity index (χ0) is 23.9. The van der Waals surface area contributed by atoms with Gasteiger partial charge in [0, 0.05) is 47.2 Å². The van der Waals surface area contributed by atoms with Crippen molar-refractivity contribution in [1.29, 1.82) is 5.41 Å². The van der Waals surface area contributed by atoms with Crippen LogP contribution in [0.25, 0.3) is 17.0 Å². The summed E-state index contributed by atoms with van der Waals surface area (Å²) in [6, 6.07) is 20.2. The lowest BCUT2D eigenvalue weighted by atomic mass is 10.1. The van der Waals surface area contributed by atoms with Crippen LogP contribution >= 0.6 is 11.8 Å². The van der Waals surface area contributed by atoms with Crippen molar-refractivity contribution in [2.75, 3.05) is 0 Å². The number of amidine groups is 2. The Morgan fingerprint density at radius 3 is 2.80 bits per heavy atom. The zero-order valence-electron chi connectivity index (χ0n) is 18.8. The minimum absolute atomic E-state index is 0.0157. The second kappa shape index (κ2) is 8.48. The van der Waals surface area contributed by atoms with Crippen molar-refractivity contribution in [1.82, 2.24) is 14.6 Å². The second-order valence-electron chi connectivity index (χ2n) is 8.39. The monoisotopic (exact) mass is 476 g/mol. The van der Waals surface area contributed by atoms with E-state index in [1.165, 1.54) is 27.9 Å². The molecule has 0 unspecified atom stereocenters. The number of carbonyl (C=O) groups is 1. The smallest absolute Gasteiger partial charge is 0.283 e. The Morgan fingerprint density at radius 2 is 1.97 bits per heavy atom. The Balaban J connectivity index is 1.38. The number of fused-ring (bicyclic) bond motifs is 2. The van der Waals surface area contributed by atoms with Crippen LogP contribution in [0.15, 0.2) is 94.9 Å². The molecule has 2 aromatic carbocycles. The summed E-state index contributed by atoms with van der Waals surface area (Å²) in [5.74, 6) is -0.422. The van der Waals surface area contributed by atoms with E-state index in [9.17, 15) is 4.79 Å². The summed E-state index contributed by atoms with van der Waals surface area (Å²) in [7, 11) is 0. The molecule has 6 rings (SSSR count). The number of pyridine rings is 1. The van der Waals surface area contributed by atoms with Crippen molar-refractivity contribution in [2.45, 2.75) is 13.5 Å². The fraction of sp³-hybridized carbons (Fsp3) is 0.0741. The maximum Gasteiger partial charge on any atom is 0.283 e. The van der Waals surface area contributed by atoms with Crippen molar-refractivity contribution < 1.29 is 4.79 Å². The van der Waals surface area contributed by atoms with Crippen LogP contribution in [0.1, 0.15) is 22.3 Å². The third-order valence-corrected chi connectivity index (χ3v) is 6.88. The maximum absolute atomic E-state index is 13.0. The van der Waals surface area contributed by atoms with E-state index in [2.05, 4.69) is 56.9 Å². The van der Waals surface area contributed by atoms with Crippen LogP contribution in [0.3, 0.4) is 0 Å². The molecule has 0 fully saturated rings. The van der Waals surface area contributed by atoms with E-state index in [0.717, 1.165) is 22.0 Å². The lowest BCUT2D eigenvalue weighted by molar-refractivity contribution is -0.114. The van der Waals surface area contributed by atoms with Gasteiger partial charge >= 0.3 is 0 Å². The zero-order valence-corrected chi connectivity index (χ0v) is 19.7. The number of rotatable bonds is 4. The van der Waals surface area contributed by atoms with Gasteiger partial charge in [-0.25, -0.2) is 0 Å². The molecule has 0 saturated heterocycles. The fourth-order valence-corrected chi connectivity index (χ4v) is 5.16. The van der Waals surface area contributed by atoms with Gasteiger partial charge in [0.15, 0.2) is 5.84 Å². The predicted octanol–water partition coefficient (Wildman–Crippen LogP) is 5.06. The van der Waals surface area contributed by atoms with E-state index in [-0.39, 0.29) is 11.4 Å². The van der Waals surface area contributed by atoms with Gasteiger partial charge in [-0.2, -0.15) is 15.1 Å². The van der Waals surface area contributed by atoms with Crippen LogP contribution in [-0.2, 0) is 11.3 Å². The van der Waals surface area contributed by atoms with Gasteiger partial charge < -0.3 is 4.57 Å². The molecule has 0 bridgehead atoms. The number of aromatic nitrogens is 2. The summed E-state index contributed by atoms with van der Waals surface area (Å²) in [5, 5.41) is 16.8. The Hall–Kier alpha value is -4.30. The lowest BCUT2D eigenvalue weighted by Crippen LogP contribution is -2.35. The van der Waals surface area contributed by atoms with Crippen molar-refractivity contribution in [3.8, 4) is 0 Å². The molecule has 2 aliphatic rings. The van der Waals surface area contributed by atoms with Gasteiger partial charge in [-0.3, -0.25) is 15.2 Å². The van der Waals surface area contributed by atoms with Crippen molar-refractivity contribution >= 4 is 50.7 Å². The first-order valence-corrected chi connectivity index (χ1v) is 11.9. The molecular weight excluding hydrogens is 456 g/mol. The standard InChI is InChI=1S/C27H20N6OS/c1-17-6-4-7-18(12-17)15-32-16-20(21-9-2-3-10-23(21)32)13-22-24(28)33-27(30-25(22)34)35-26(31-33)19-8-5-11-29-14-19/h2-14,16,28H,15H2,1H3/b22-13+,28-24?. The number of para-hydroxylation sites is 1. The first-order valence-electron chi connectivity index (χ1n) is 11.1. The van der Waals surface area contributed by atoms with Crippen LogP contribution < -0.4 is 0 Å². The number of nitrogens with zero attached hydrogens (tertiary/aromatic N) is 5. The first kappa shape index (κ1) is 21.2. The van der Waals surface area contributed by atoms with Crippen LogP contribution in [0, 0.1) is 12.3 Å². The highest BCUT2D eigenvalue weighted by molar-refractivity contribution is 8.27. The van der Waals surface area contributed by atoms with E-state index in [0.29, 0.717) is 16.8 Å². The molecule has 4 aromatic rings. The normalized spacial score (nSPS) is 16.6. The van der Waals surface area contributed by atoms with Gasteiger partial charge in [0.2, 0.25) is 5.17 Å². The molecule has 35 heavy (non-hydrogen) atoms. The number of hydrazone groups is 1. The van der Waals surface area contributed by atoms with Gasteiger partial charge in [0.05, 0.1) is 5.57 Å². The average Bonchev–Trinajstić information content (AvgIpc) is 3.44. The SMILES string of the molecule is Cc1cccc(Cn2cc(/C=C3\C(=N)N4N=C(c5cccnc5)SC4=NC3=O)c3ccccc32)c1. The molecule has 170 valence electrons. The molecule has 2 aliphatic heterocycles. The highest BCUT2D eigenvalue weighted by Crippen LogP contribution is 2.32. The second-order valence-corrected chi connectivity index (χ2v) is 9.34. The lowest BCUT2D eigenvalue weighted by Gasteiger charge is -2.20. The number of benzene rings is 2. The van der Waals surface area contributed by atoms with E-state index in [1.807, 2.05) is 36.5 Å².